The lowest BCUT2D eigenvalue weighted by atomic mass is 10.1. The van der Waals surface area contributed by atoms with Gasteiger partial charge in [0.25, 0.3) is 0 Å². The van der Waals surface area contributed by atoms with Crippen molar-refractivity contribution in [3.8, 4) is 0 Å². The Morgan fingerprint density at radius 1 is 1.05 bits per heavy atom. The number of benzene rings is 1. The molecule has 100 valence electrons. The lowest BCUT2D eigenvalue weighted by Crippen LogP contribution is -2.19. The summed E-state index contributed by atoms with van der Waals surface area (Å²) in [6, 6.07) is 14.5. The van der Waals surface area contributed by atoms with Crippen LogP contribution in [0.2, 0.25) is 0 Å². The lowest BCUT2D eigenvalue weighted by Gasteiger charge is -2.14. The fourth-order valence-corrected chi connectivity index (χ4v) is 2.32. The van der Waals surface area contributed by atoms with Gasteiger partial charge in [0.15, 0.2) is 0 Å². The monoisotopic (exact) mass is 263 g/mol. The molecule has 3 aromatic rings. The zero-order valence-corrected chi connectivity index (χ0v) is 11.5. The Hall–Kier alpha value is -2.26. The molecule has 3 rings (SSSR count). The van der Waals surface area contributed by atoms with Crippen LogP contribution in [0.5, 0.6) is 0 Å². The minimum Gasteiger partial charge on any atom is -0.305 e. The summed E-state index contributed by atoms with van der Waals surface area (Å²) in [6.07, 6.45) is 5.66. The first-order valence-corrected chi connectivity index (χ1v) is 6.80. The third kappa shape index (κ3) is 2.68. The predicted octanol–water partition coefficient (Wildman–Crippen LogP) is 3.48. The van der Waals surface area contributed by atoms with Crippen molar-refractivity contribution in [1.29, 1.82) is 0 Å². The molecular formula is C17H17N3. The summed E-state index contributed by atoms with van der Waals surface area (Å²) in [6.45, 7) is 2.91. The highest BCUT2D eigenvalue weighted by atomic mass is 14.9. The second-order valence-electron chi connectivity index (χ2n) is 4.88. The van der Waals surface area contributed by atoms with Crippen molar-refractivity contribution in [1.82, 2.24) is 15.3 Å². The fraction of sp³-hybridized carbons (Fsp3) is 0.176. The average Bonchev–Trinajstić information content (AvgIpc) is 2.53. The number of hydrogen-bond donors (Lipinski definition) is 1. The molecule has 3 nitrogen and oxygen atoms in total. The van der Waals surface area contributed by atoms with Crippen molar-refractivity contribution in [2.45, 2.75) is 19.5 Å². The maximum Gasteiger partial charge on any atom is 0.0570 e. The number of fused-ring (bicyclic) bond motifs is 1. The smallest absolute Gasteiger partial charge is 0.0570 e. The zero-order valence-electron chi connectivity index (χ0n) is 11.5. The van der Waals surface area contributed by atoms with E-state index in [0.29, 0.717) is 0 Å². The molecule has 2 heterocycles. The molecule has 0 aliphatic carbocycles. The molecule has 1 unspecified atom stereocenters. The largest absolute Gasteiger partial charge is 0.305 e. The number of hydrogen-bond acceptors (Lipinski definition) is 3. The second kappa shape index (κ2) is 5.80. The van der Waals surface area contributed by atoms with Gasteiger partial charge in [0.05, 0.1) is 5.69 Å². The Kier molecular flexibility index (Phi) is 3.70. The van der Waals surface area contributed by atoms with Gasteiger partial charge in [0.1, 0.15) is 0 Å². The molecule has 0 saturated carbocycles. The molecule has 0 aliphatic rings. The molecule has 2 aromatic heterocycles. The summed E-state index contributed by atoms with van der Waals surface area (Å²) in [5.74, 6) is 0. The molecule has 0 fully saturated rings. The molecule has 0 radical (unpaired) electrons. The molecule has 0 amide bonds. The van der Waals surface area contributed by atoms with Gasteiger partial charge in [-0.15, -0.1) is 0 Å². The van der Waals surface area contributed by atoms with Gasteiger partial charge in [-0.25, -0.2) is 0 Å². The molecule has 1 atom stereocenters. The summed E-state index contributed by atoms with van der Waals surface area (Å²) in [5, 5.41) is 5.94. The molecule has 1 N–H and O–H groups in total. The van der Waals surface area contributed by atoms with Crippen LogP contribution in [0.15, 0.2) is 61.1 Å². The van der Waals surface area contributed by atoms with Gasteiger partial charge in [-0.2, -0.15) is 0 Å². The zero-order chi connectivity index (χ0) is 13.8. The van der Waals surface area contributed by atoms with Gasteiger partial charge in [0, 0.05) is 36.6 Å². The summed E-state index contributed by atoms with van der Waals surface area (Å²) in [4.78, 5) is 8.68. The van der Waals surface area contributed by atoms with E-state index in [1.54, 1.807) is 0 Å². The van der Waals surface area contributed by atoms with Crippen LogP contribution in [-0.4, -0.2) is 9.97 Å². The Bertz CT molecular complexity index is 689. The van der Waals surface area contributed by atoms with Crippen molar-refractivity contribution in [2.24, 2.45) is 0 Å². The van der Waals surface area contributed by atoms with Crippen molar-refractivity contribution in [3.05, 3.63) is 72.3 Å². The number of nitrogens with zero attached hydrogens (tertiary/aromatic N) is 2. The number of pyridine rings is 2. The molecule has 0 bridgehead atoms. The third-order valence-electron chi connectivity index (χ3n) is 3.48. The van der Waals surface area contributed by atoms with Crippen molar-refractivity contribution >= 4 is 10.8 Å². The highest BCUT2D eigenvalue weighted by Gasteiger charge is 2.07. The minimum atomic E-state index is 0.218. The van der Waals surface area contributed by atoms with E-state index in [0.717, 1.165) is 12.2 Å². The van der Waals surface area contributed by atoms with Crippen LogP contribution in [0.25, 0.3) is 10.8 Å². The molecule has 0 spiro atoms. The fourth-order valence-electron chi connectivity index (χ4n) is 2.32. The van der Waals surface area contributed by atoms with Gasteiger partial charge < -0.3 is 5.32 Å². The van der Waals surface area contributed by atoms with E-state index in [2.05, 4.69) is 40.4 Å². The van der Waals surface area contributed by atoms with Crippen molar-refractivity contribution in [2.75, 3.05) is 0 Å². The molecule has 0 aliphatic heterocycles. The van der Waals surface area contributed by atoms with Crippen LogP contribution in [-0.2, 0) is 6.54 Å². The SMILES string of the molecule is CC(NCc1cncc2ccccc12)c1ccccn1. The normalized spacial score (nSPS) is 12.4. The van der Waals surface area contributed by atoms with E-state index in [1.807, 2.05) is 42.9 Å². The third-order valence-corrected chi connectivity index (χ3v) is 3.48. The molecular weight excluding hydrogens is 246 g/mol. The summed E-state index contributed by atoms with van der Waals surface area (Å²) in [7, 11) is 0. The molecule has 0 saturated heterocycles. The lowest BCUT2D eigenvalue weighted by molar-refractivity contribution is 0.562. The quantitative estimate of drug-likeness (QED) is 0.783. The van der Waals surface area contributed by atoms with E-state index in [4.69, 9.17) is 0 Å². The van der Waals surface area contributed by atoms with Gasteiger partial charge in [-0.1, -0.05) is 30.3 Å². The van der Waals surface area contributed by atoms with Crippen LogP contribution in [0.3, 0.4) is 0 Å². The van der Waals surface area contributed by atoms with Gasteiger partial charge in [-0.3, -0.25) is 9.97 Å². The first-order chi connectivity index (χ1) is 9.84. The number of aromatic nitrogens is 2. The number of rotatable bonds is 4. The Balaban J connectivity index is 1.77. The van der Waals surface area contributed by atoms with Gasteiger partial charge in [0.2, 0.25) is 0 Å². The van der Waals surface area contributed by atoms with Crippen LogP contribution >= 0.6 is 0 Å². The minimum absolute atomic E-state index is 0.218. The van der Waals surface area contributed by atoms with Gasteiger partial charge in [-0.05, 0) is 30.0 Å². The topological polar surface area (TPSA) is 37.8 Å². The maximum absolute atomic E-state index is 4.38. The van der Waals surface area contributed by atoms with E-state index in [9.17, 15) is 0 Å². The van der Waals surface area contributed by atoms with Crippen molar-refractivity contribution in [3.63, 3.8) is 0 Å². The molecule has 20 heavy (non-hydrogen) atoms. The first-order valence-electron chi connectivity index (χ1n) is 6.80. The Labute approximate surface area is 118 Å². The van der Waals surface area contributed by atoms with Crippen molar-refractivity contribution < 1.29 is 0 Å². The van der Waals surface area contributed by atoms with Crippen LogP contribution in [0.1, 0.15) is 24.2 Å². The maximum atomic E-state index is 4.38. The van der Waals surface area contributed by atoms with Crippen LogP contribution in [0.4, 0.5) is 0 Å². The van der Waals surface area contributed by atoms with E-state index in [-0.39, 0.29) is 6.04 Å². The molecule has 1 aromatic carbocycles. The van der Waals surface area contributed by atoms with Crippen LogP contribution in [0, 0.1) is 0 Å². The van der Waals surface area contributed by atoms with E-state index >= 15 is 0 Å². The predicted molar refractivity (Wildman–Crippen MR) is 81.2 cm³/mol. The highest BCUT2D eigenvalue weighted by molar-refractivity contribution is 5.84. The van der Waals surface area contributed by atoms with Crippen LogP contribution < -0.4 is 5.32 Å². The standard InChI is InChI=1S/C17H17N3/c1-13(17-8-4-5-9-19-17)20-12-15-11-18-10-14-6-2-3-7-16(14)15/h2-11,13,20H,12H2,1H3. The molecule has 3 heteroatoms. The Morgan fingerprint density at radius 2 is 1.90 bits per heavy atom. The summed E-state index contributed by atoms with van der Waals surface area (Å²) in [5.41, 5.74) is 2.27. The average molecular weight is 263 g/mol. The van der Waals surface area contributed by atoms with Gasteiger partial charge >= 0.3 is 0 Å². The van der Waals surface area contributed by atoms with E-state index in [1.165, 1.54) is 16.3 Å². The first kappa shape index (κ1) is 12.8. The van der Waals surface area contributed by atoms with E-state index < -0.39 is 0 Å². The second-order valence-corrected chi connectivity index (χ2v) is 4.88. The Morgan fingerprint density at radius 3 is 2.75 bits per heavy atom. The number of nitrogens with one attached hydrogen (secondary N) is 1. The highest BCUT2D eigenvalue weighted by Crippen LogP contribution is 2.18. The summed E-state index contributed by atoms with van der Waals surface area (Å²) < 4.78 is 0. The summed E-state index contributed by atoms with van der Waals surface area (Å²) >= 11 is 0.